The lowest BCUT2D eigenvalue weighted by atomic mass is 10.0. The smallest absolute Gasteiger partial charge is 0.151 e. The van der Waals surface area contributed by atoms with Crippen molar-refractivity contribution < 1.29 is 5.11 Å². The van der Waals surface area contributed by atoms with Crippen LogP contribution >= 0.6 is 0 Å². The van der Waals surface area contributed by atoms with E-state index in [0.717, 1.165) is 21.9 Å². The Labute approximate surface area is 115 Å². The van der Waals surface area contributed by atoms with E-state index in [2.05, 4.69) is 5.11 Å². The van der Waals surface area contributed by atoms with Crippen molar-refractivity contribution in [3.05, 3.63) is 35.4 Å². The molecular weight excluding hydrogens is 236 g/mol. The highest BCUT2D eigenvalue weighted by atomic mass is 16.3. The maximum Gasteiger partial charge on any atom is 0.151 e. The van der Waals surface area contributed by atoms with Gasteiger partial charge in [0.05, 0.1) is 0 Å². The van der Waals surface area contributed by atoms with E-state index in [-0.39, 0.29) is 5.75 Å². The molecule has 0 bridgehead atoms. The Morgan fingerprint density at radius 2 is 1.58 bits per heavy atom. The van der Waals surface area contributed by atoms with Crippen molar-refractivity contribution in [3.8, 4) is 5.75 Å². The van der Waals surface area contributed by atoms with Gasteiger partial charge in [0.25, 0.3) is 0 Å². The fourth-order valence-corrected chi connectivity index (χ4v) is 1.77. The molecule has 2 N–H and O–H groups in total. The van der Waals surface area contributed by atoms with Gasteiger partial charge < -0.3 is 5.11 Å². The van der Waals surface area contributed by atoms with Gasteiger partial charge in [-0.1, -0.05) is 51.5 Å². The van der Waals surface area contributed by atoms with E-state index >= 15 is 0 Å². The molecule has 19 heavy (non-hydrogen) atoms. The molecule has 0 aliphatic carbocycles. The summed E-state index contributed by atoms with van der Waals surface area (Å²) in [5, 5.41) is 15.0. The molecule has 0 aliphatic heterocycles. The number of aryl methyl sites for hydroxylation is 2. The summed E-state index contributed by atoms with van der Waals surface area (Å²) in [5.41, 5.74) is 9.33. The highest BCUT2D eigenvalue weighted by Gasteiger charge is 2.09. The third-order valence-corrected chi connectivity index (χ3v) is 2.54. The molecule has 2 aromatic rings. The number of nitrogens with zero attached hydrogens (tertiary/aromatic N) is 1. The Kier molecular flexibility index (Phi) is 7.42. The summed E-state index contributed by atoms with van der Waals surface area (Å²) in [6.07, 6.45) is 0. The van der Waals surface area contributed by atoms with Crippen LogP contribution in [0, 0.1) is 19.4 Å². The molecule has 0 saturated carbocycles. The van der Waals surface area contributed by atoms with Gasteiger partial charge in [-0.2, -0.15) is 5.11 Å². The van der Waals surface area contributed by atoms with Gasteiger partial charge in [-0.15, -0.1) is 0 Å². The van der Waals surface area contributed by atoms with E-state index in [0.29, 0.717) is 5.69 Å². The highest BCUT2D eigenvalue weighted by molar-refractivity contribution is 5.94. The Morgan fingerprint density at radius 3 is 2.11 bits per heavy atom. The zero-order chi connectivity index (χ0) is 15.0. The summed E-state index contributed by atoms with van der Waals surface area (Å²) in [7, 11) is 0. The van der Waals surface area contributed by atoms with Gasteiger partial charge in [-0.3, -0.25) is 0 Å². The standard InChI is InChI=1S/C12H12N2O.2C2H6/c1-7-3-4-10-9(5-7)6-8(2)11(14-13)12(10)15;2*1-2/h3-6,13,15H,1-2H3;2*1-2H3. The van der Waals surface area contributed by atoms with E-state index < -0.39 is 0 Å². The van der Waals surface area contributed by atoms with Crippen LogP contribution in [0.1, 0.15) is 38.8 Å². The maximum atomic E-state index is 9.91. The molecule has 0 atom stereocenters. The number of phenolic OH excluding ortho intramolecular Hbond substituents is 1. The van der Waals surface area contributed by atoms with Crippen LogP contribution in [-0.2, 0) is 0 Å². The van der Waals surface area contributed by atoms with Crippen LogP contribution in [0.3, 0.4) is 0 Å². The summed E-state index contributed by atoms with van der Waals surface area (Å²) in [6, 6.07) is 7.74. The second-order valence-electron chi connectivity index (χ2n) is 3.73. The number of aromatic hydroxyl groups is 1. The van der Waals surface area contributed by atoms with Gasteiger partial charge in [0, 0.05) is 5.39 Å². The van der Waals surface area contributed by atoms with Crippen molar-refractivity contribution in [2.24, 2.45) is 5.11 Å². The summed E-state index contributed by atoms with van der Waals surface area (Å²) in [5.74, 6) is 0.0972. The number of phenols is 1. The molecule has 0 amide bonds. The minimum Gasteiger partial charge on any atom is -0.505 e. The lowest BCUT2D eigenvalue weighted by Crippen LogP contribution is -1.81. The molecule has 0 aliphatic rings. The minimum absolute atomic E-state index is 0.0972. The number of nitrogens with one attached hydrogen (secondary N) is 1. The minimum atomic E-state index is 0.0972. The molecule has 3 nitrogen and oxygen atoms in total. The third kappa shape index (κ3) is 3.78. The van der Waals surface area contributed by atoms with Gasteiger partial charge in [-0.25, -0.2) is 5.53 Å². The van der Waals surface area contributed by atoms with Crippen LogP contribution in [-0.4, -0.2) is 5.11 Å². The summed E-state index contributed by atoms with van der Waals surface area (Å²) >= 11 is 0. The summed E-state index contributed by atoms with van der Waals surface area (Å²) in [6.45, 7) is 11.9. The van der Waals surface area contributed by atoms with Crippen LogP contribution < -0.4 is 0 Å². The first-order valence-corrected chi connectivity index (χ1v) is 6.74. The first-order chi connectivity index (χ1) is 9.13. The SMILES string of the molecule is CC.CC.Cc1ccc2c(O)c(N=N)c(C)cc2c1. The van der Waals surface area contributed by atoms with Crippen LogP contribution in [0.2, 0.25) is 0 Å². The third-order valence-electron chi connectivity index (χ3n) is 2.54. The molecule has 0 fully saturated rings. The van der Waals surface area contributed by atoms with Crippen molar-refractivity contribution in [2.45, 2.75) is 41.5 Å². The molecule has 0 unspecified atom stereocenters. The first-order valence-electron chi connectivity index (χ1n) is 6.74. The molecule has 0 heterocycles. The number of benzene rings is 2. The molecule has 3 heteroatoms. The van der Waals surface area contributed by atoms with Gasteiger partial charge >= 0.3 is 0 Å². The predicted octanol–water partition coefficient (Wildman–Crippen LogP) is 5.88. The second-order valence-corrected chi connectivity index (χ2v) is 3.73. The highest BCUT2D eigenvalue weighted by Crippen LogP contribution is 2.37. The van der Waals surface area contributed by atoms with Crippen LogP contribution in [0.15, 0.2) is 29.4 Å². The Bertz CT molecular complexity index is 548. The molecule has 0 spiro atoms. The zero-order valence-corrected chi connectivity index (χ0v) is 12.7. The molecule has 0 aromatic heterocycles. The lowest BCUT2D eigenvalue weighted by Gasteiger charge is -2.07. The van der Waals surface area contributed by atoms with E-state index in [1.807, 2.05) is 65.8 Å². The van der Waals surface area contributed by atoms with Gasteiger partial charge in [0.1, 0.15) is 5.69 Å². The number of fused-ring (bicyclic) bond motifs is 1. The average Bonchev–Trinajstić information content (AvgIpc) is 2.43. The lowest BCUT2D eigenvalue weighted by molar-refractivity contribution is 0.482. The molecular formula is C16H24N2O. The fraction of sp³-hybridized carbons (Fsp3) is 0.375. The van der Waals surface area contributed by atoms with E-state index in [9.17, 15) is 5.11 Å². The summed E-state index contributed by atoms with van der Waals surface area (Å²) in [4.78, 5) is 0. The monoisotopic (exact) mass is 260 g/mol. The largest absolute Gasteiger partial charge is 0.505 e. The van der Waals surface area contributed by atoms with Gasteiger partial charge in [0.15, 0.2) is 5.75 Å². The second kappa shape index (κ2) is 8.25. The van der Waals surface area contributed by atoms with Crippen molar-refractivity contribution in [1.82, 2.24) is 0 Å². The molecule has 2 aromatic carbocycles. The van der Waals surface area contributed by atoms with E-state index in [1.165, 1.54) is 0 Å². The number of hydrogen-bond donors (Lipinski definition) is 2. The topological polar surface area (TPSA) is 56.4 Å². The van der Waals surface area contributed by atoms with Crippen molar-refractivity contribution in [1.29, 1.82) is 5.53 Å². The van der Waals surface area contributed by atoms with Crippen molar-refractivity contribution in [3.63, 3.8) is 0 Å². The Hall–Kier alpha value is -1.90. The Balaban J connectivity index is 0.000000741. The zero-order valence-electron chi connectivity index (χ0n) is 12.7. The normalized spacial score (nSPS) is 8.95. The molecule has 2 rings (SSSR count). The maximum absolute atomic E-state index is 9.91. The number of rotatable bonds is 1. The average molecular weight is 260 g/mol. The van der Waals surface area contributed by atoms with Crippen LogP contribution in [0.5, 0.6) is 5.75 Å². The van der Waals surface area contributed by atoms with Crippen LogP contribution in [0.4, 0.5) is 5.69 Å². The quantitative estimate of drug-likeness (QED) is 0.618. The summed E-state index contributed by atoms with van der Waals surface area (Å²) < 4.78 is 0. The molecule has 0 saturated heterocycles. The van der Waals surface area contributed by atoms with Crippen molar-refractivity contribution >= 4 is 16.5 Å². The Morgan fingerprint density at radius 1 is 1.00 bits per heavy atom. The first kappa shape index (κ1) is 17.1. The van der Waals surface area contributed by atoms with E-state index in [4.69, 9.17) is 5.53 Å². The van der Waals surface area contributed by atoms with Crippen LogP contribution in [0.25, 0.3) is 10.8 Å². The molecule has 0 radical (unpaired) electrons. The number of hydrogen-bond acceptors (Lipinski definition) is 3. The van der Waals surface area contributed by atoms with Gasteiger partial charge in [0.2, 0.25) is 0 Å². The predicted molar refractivity (Wildman–Crippen MR) is 82.6 cm³/mol. The van der Waals surface area contributed by atoms with E-state index in [1.54, 1.807) is 0 Å². The van der Waals surface area contributed by atoms with Gasteiger partial charge in [-0.05, 0) is 30.9 Å². The van der Waals surface area contributed by atoms with Crippen molar-refractivity contribution in [2.75, 3.05) is 0 Å². The fourth-order valence-electron chi connectivity index (χ4n) is 1.77. The molecule has 104 valence electrons.